The van der Waals surface area contributed by atoms with Crippen LogP contribution in [0.5, 0.6) is 0 Å². The molecule has 29 heavy (non-hydrogen) atoms. The first-order valence-electron chi connectivity index (χ1n) is 9.87. The van der Waals surface area contributed by atoms with Crippen LogP contribution in [0.1, 0.15) is 27.9 Å². The SMILES string of the molecule is Cc1c(C)n(Cc2ccncc2)c2c(N3CCc4ccccc4C3)nccc12.Cl. The smallest absolute Gasteiger partial charge is 0.153 e. The van der Waals surface area contributed by atoms with E-state index in [1.165, 1.54) is 38.9 Å². The van der Waals surface area contributed by atoms with Gasteiger partial charge in [-0.15, -0.1) is 12.4 Å². The Balaban J connectivity index is 0.00000205. The van der Waals surface area contributed by atoms with E-state index in [0.717, 1.165) is 31.9 Å². The second-order valence-corrected chi connectivity index (χ2v) is 7.62. The highest BCUT2D eigenvalue weighted by atomic mass is 35.5. The summed E-state index contributed by atoms with van der Waals surface area (Å²) in [6.07, 6.45) is 6.76. The van der Waals surface area contributed by atoms with Gasteiger partial charge in [0.2, 0.25) is 0 Å². The van der Waals surface area contributed by atoms with Crippen molar-refractivity contribution in [3.63, 3.8) is 0 Å². The molecule has 0 fully saturated rings. The Hall–Kier alpha value is -2.85. The summed E-state index contributed by atoms with van der Waals surface area (Å²) >= 11 is 0. The van der Waals surface area contributed by atoms with E-state index in [0.29, 0.717) is 0 Å². The molecule has 0 N–H and O–H groups in total. The zero-order valence-electron chi connectivity index (χ0n) is 16.8. The van der Waals surface area contributed by atoms with E-state index in [2.05, 4.69) is 70.8 Å². The number of halogens is 1. The molecule has 0 unspecified atom stereocenters. The molecule has 4 nitrogen and oxygen atoms in total. The highest BCUT2D eigenvalue weighted by Gasteiger charge is 2.22. The van der Waals surface area contributed by atoms with Crippen molar-refractivity contribution in [1.29, 1.82) is 0 Å². The molecule has 0 atom stereocenters. The molecule has 0 saturated carbocycles. The lowest BCUT2D eigenvalue weighted by Crippen LogP contribution is -2.31. The molecule has 0 spiro atoms. The number of benzene rings is 1. The number of aromatic nitrogens is 3. The van der Waals surface area contributed by atoms with Gasteiger partial charge in [0.05, 0.1) is 5.52 Å². The zero-order valence-corrected chi connectivity index (χ0v) is 17.6. The maximum atomic E-state index is 4.85. The first-order chi connectivity index (χ1) is 13.7. The van der Waals surface area contributed by atoms with E-state index in [1.807, 2.05) is 18.6 Å². The van der Waals surface area contributed by atoms with Crippen LogP contribution in [-0.2, 0) is 19.5 Å². The number of aryl methyl sites for hydroxylation is 1. The van der Waals surface area contributed by atoms with Gasteiger partial charge in [0, 0.05) is 49.3 Å². The van der Waals surface area contributed by atoms with Crippen LogP contribution in [0.2, 0.25) is 0 Å². The van der Waals surface area contributed by atoms with Gasteiger partial charge >= 0.3 is 0 Å². The molecule has 0 radical (unpaired) electrons. The molecule has 0 bridgehead atoms. The van der Waals surface area contributed by atoms with E-state index in [4.69, 9.17) is 4.98 Å². The molecule has 1 aliphatic heterocycles. The van der Waals surface area contributed by atoms with E-state index < -0.39 is 0 Å². The minimum absolute atomic E-state index is 0. The fraction of sp³-hybridized carbons (Fsp3) is 0.250. The summed E-state index contributed by atoms with van der Waals surface area (Å²) in [4.78, 5) is 11.4. The van der Waals surface area contributed by atoms with Crippen LogP contribution in [0.4, 0.5) is 5.82 Å². The minimum atomic E-state index is 0. The van der Waals surface area contributed by atoms with Gasteiger partial charge in [0.15, 0.2) is 5.82 Å². The number of nitrogens with zero attached hydrogens (tertiary/aromatic N) is 4. The molecule has 3 aromatic heterocycles. The quantitative estimate of drug-likeness (QED) is 0.477. The third kappa shape index (κ3) is 3.38. The van der Waals surface area contributed by atoms with Crippen LogP contribution in [0.25, 0.3) is 10.9 Å². The first-order valence-corrected chi connectivity index (χ1v) is 9.87. The van der Waals surface area contributed by atoms with Crippen LogP contribution in [0.3, 0.4) is 0 Å². The van der Waals surface area contributed by atoms with Crippen molar-refractivity contribution < 1.29 is 0 Å². The van der Waals surface area contributed by atoms with E-state index in [1.54, 1.807) is 0 Å². The molecule has 1 aliphatic rings. The van der Waals surface area contributed by atoms with Gasteiger partial charge in [0.1, 0.15) is 0 Å². The van der Waals surface area contributed by atoms with Gasteiger partial charge in [-0.2, -0.15) is 0 Å². The van der Waals surface area contributed by atoms with E-state index in [9.17, 15) is 0 Å². The highest BCUT2D eigenvalue weighted by Crippen LogP contribution is 2.34. The molecule has 4 heterocycles. The number of hydrogen-bond acceptors (Lipinski definition) is 3. The maximum absolute atomic E-state index is 4.85. The number of rotatable bonds is 3. The summed E-state index contributed by atoms with van der Waals surface area (Å²) in [6.45, 7) is 7.19. The van der Waals surface area contributed by atoms with Gasteiger partial charge in [0.25, 0.3) is 0 Å². The summed E-state index contributed by atoms with van der Waals surface area (Å²) in [5, 5.41) is 1.30. The first kappa shape index (κ1) is 19.5. The number of anilines is 1. The average molecular weight is 405 g/mol. The van der Waals surface area contributed by atoms with Gasteiger partial charge in [-0.05, 0) is 60.7 Å². The van der Waals surface area contributed by atoms with E-state index >= 15 is 0 Å². The second kappa shape index (κ2) is 7.88. The predicted molar refractivity (Wildman–Crippen MR) is 121 cm³/mol. The Labute approximate surface area is 177 Å². The monoisotopic (exact) mass is 404 g/mol. The van der Waals surface area contributed by atoms with Crippen molar-refractivity contribution in [2.45, 2.75) is 33.4 Å². The van der Waals surface area contributed by atoms with Crippen LogP contribution < -0.4 is 4.90 Å². The van der Waals surface area contributed by atoms with Crippen LogP contribution >= 0.6 is 12.4 Å². The van der Waals surface area contributed by atoms with Crippen LogP contribution in [0.15, 0.2) is 61.1 Å². The summed E-state index contributed by atoms with van der Waals surface area (Å²) in [6, 6.07) is 15.1. The standard InChI is InChI=1S/C24H24N4.ClH/c1-17-18(2)28(15-19-7-11-25-12-8-19)23-22(17)9-13-26-24(23)27-14-10-20-5-3-4-6-21(20)16-27;/h3-9,11-13H,10,14-16H2,1-2H3;1H. The Bertz CT molecular complexity index is 1150. The second-order valence-electron chi connectivity index (χ2n) is 7.62. The van der Waals surface area contributed by atoms with Gasteiger partial charge in [-0.25, -0.2) is 4.98 Å². The Morgan fingerprint density at radius 3 is 2.48 bits per heavy atom. The third-order valence-corrected chi connectivity index (χ3v) is 6.05. The Morgan fingerprint density at radius 2 is 1.69 bits per heavy atom. The van der Waals surface area contributed by atoms with Gasteiger partial charge in [-0.1, -0.05) is 24.3 Å². The number of hydrogen-bond donors (Lipinski definition) is 0. The predicted octanol–water partition coefficient (Wildman–Crippen LogP) is 5.08. The van der Waals surface area contributed by atoms with Gasteiger partial charge in [-0.3, -0.25) is 4.98 Å². The molecule has 5 rings (SSSR count). The lowest BCUT2D eigenvalue weighted by molar-refractivity contribution is 0.717. The fourth-order valence-electron chi connectivity index (χ4n) is 4.35. The summed E-state index contributed by atoms with van der Waals surface area (Å²) < 4.78 is 2.42. The normalized spacial score (nSPS) is 13.2. The fourth-order valence-corrected chi connectivity index (χ4v) is 4.35. The molecule has 1 aromatic carbocycles. The molecular formula is C24H25ClN4. The Kier molecular flexibility index (Phi) is 5.29. The van der Waals surface area contributed by atoms with Crippen LogP contribution in [0, 0.1) is 13.8 Å². The summed E-state index contributed by atoms with van der Waals surface area (Å²) in [5.41, 5.74) is 8.02. The van der Waals surface area contributed by atoms with Crippen molar-refractivity contribution >= 4 is 29.1 Å². The summed E-state index contributed by atoms with van der Waals surface area (Å²) in [7, 11) is 0. The van der Waals surface area contributed by atoms with Crippen LogP contribution in [-0.4, -0.2) is 21.1 Å². The topological polar surface area (TPSA) is 34.0 Å². The molecule has 5 heteroatoms. The molecule has 4 aromatic rings. The van der Waals surface area contributed by atoms with Crippen molar-refractivity contribution in [2.75, 3.05) is 11.4 Å². The highest BCUT2D eigenvalue weighted by molar-refractivity contribution is 5.93. The molecule has 0 amide bonds. The molecule has 0 saturated heterocycles. The number of fused-ring (bicyclic) bond motifs is 2. The van der Waals surface area contributed by atoms with Crippen molar-refractivity contribution in [2.24, 2.45) is 0 Å². The average Bonchev–Trinajstić information content (AvgIpc) is 2.99. The van der Waals surface area contributed by atoms with Gasteiger partial charge < -0.3 is 9.47 Å². The van der Waals surface area contributed by atoms with Crippen molar-refractivity contribution in [1.82, 2.24) is 14.5 Å². The van der Waals surface area contributed by atoms with E-state index in [-0.39, 0.29) is 12.4 Å². The zero-order chi connectivity index (χ0) is 19.1. The van der Waals surface area contributed by atoms with Crippen molar-refractivity contribution in [3.8, 4) is 0 Å². The molecular weight excluding hydrogens is 380 g/mol. The molecule has 0 aliphatic carbocycles. The summed E-state index contributed by atoms with van der Waals surface area (Å²) in [5.74, 6) is 1.09. The Morgan fingerprint density at radius 1 is 0.931 bits per heavy atom. The largest absolute Gasteiger partial charge is 0.350 e. The lowest BCUT2D eigenvalue weighted by Gasteiger charge is -2.30. The van der Waals surface area contributed by atoms with Crippen molar-refractivity contribution in [3.05, 3.63) is 89.0 Å². The lowest BCUT2D eigenvalue weighted by atomic mass is 10.00. The maximum Gasteiger partial charge on any atom is 0.153 e. The molecule has 148 valence electrons. The third-order valence-electron chi connectivity index (χ3n) is 6.05. The minimum Gasteiger partial charge on any atom is -0.350 e. The number of pyridine rings is 2.